The summed E-state index contributed by atoms with van der Waals surface area (Å²) in [6.07, 6.45) is -0.501. The van der Waals surface area contributed by atoms with Gasteiger partial charge in [0, 0.05) is 26.5 Å². The van der Waals surface area contributed by atoms with Crippen molar-refractivity contribution in [3.05, 3.63) is 24.3 Å². The summed E-state index contributed by atoms with van der Waals surface area (Å²) >= 11 is 0. The van der Waals surface area contributed by atoms with Gasteiger partial charge in [-0.15, -0.1) is 0 Å². The minimum atomic E-state index is -3.95. The van der Waals surface area contributed by atoms with Gasteiger partial charge in [-0.3, -0.25) is 0 Å². The van der Waals surface area contributed by atoms with Crippen LogP contribution < -0.4 is 10.9 Å². The average molecular weight is 335 g/mol. The smallest absolute Gasteiger partial charge is 0.373 e. The minimum Gasteiger partial charge on any atom is -0.373 e. The topological polar surface area (TPSA) is 97.1 Å². The molecule has 0 heterocycles. The largest absolute Gasteiger partial charge is 0.536 e. The van der Waals surface area contributed by atoms with E-state index >= 15 is 0 Å². The van der Waals surface area contributed by atoms with E-state index in [1.54, 1.807) is 19.1 Å². The van der Waals surface area contributed by atoms with E-state index in [-0.39, 0.29) is 4.90 Å². The van der Waals surface area contributed by atoms with Crippen molar-refractivity contribution in [1.29, 1.82) is 0 Å². The van der Waals surface area contributed by atoms with E-state index in [0.29, 0.717) is 11.6 Å². The first-order valence-electron chi connectivity index (χ1n) is 6.30. The van der Waals surface area contributed by atoms with Crippen LogP contribution in [0.25, 0.3) is 0 Å². The van der Waals surface area contributed by atoms with Crippen LogP contribution in [-0.2, 0) is 27.6 Å². The Bertz CT molecular complexity index is 552. The summed E-state index contributed by atoms with van der Waals surface area (Å²) in [4.78, 5) is -0.0214. The molecule has 0 fully saturated rings. The minimum absolute atomic E-state index is 0.0214. The highest BCUT2D eigenvalue weighted by Crippen LogP contribution is 2.15. The maximum absolute atomic E-state index is 12.1. The van der Waals surface area contributed by atoms with Crippen LogP contribution in [0.4, 0.5) is 0 Å². The summed E-state index contributed by atoms with van der Waals surface area (Å²) in [6, 6.07) is 6.09. The molecule has 0 saturated carbocycles. The third-order valence-electron chi connectivity index (χ3n) is 2.94. The third-order valence-corrected chi connectivity index (χ3v) is 6.90. The second kappa shape index (κ2) is 7.45. The van der Waals surface area contributed by atoms with E-state index in [1.165, 1.54) is 33.5 Å². The van der Waals surface area contributed by atoms with Gasteiger partial charge in [0.05, 0.1) is 4.90 Å². The van der Waals surface area contributed by atoms with Gasteiger partial charge in [0.15, 0.2) is 0 Å². The number of benzene rings is 1. The van der Waals surface area contributed by atoms with Gasteiger partial charge < -0.3 is 19.0 Å². The fourth-order valence-corrected chi connectivity index (χ4v) is 4.77. The summed E-state index contributed by atoms with van der Waals surface area (Å²) in [5, 5.41) is 0.518. The fourth-order valence-electron chi connectivity index (χ4n) is 1.73. The number of hydrogen-bond donors (Lipinski definition) is 1. The van der Waals surface area contributed by atoms with Crippen LogP contribution >= 0.6 is 0 Å². The van der Waals surface area contributed by atoms with Gasteiger partial charge in [-0.2, -0.15) is 8.42 Å². The van der Waals surface area contributed by atoms with E-state index in [4.69, 9.17) is 23.2 Å². The summed E-state index contributed by atoms with van der Waals surface area (Å²) in [5.41, 5.74) is 5.53. The molecule has 2 N–H and O–H groups in total. The second-order valence-corrected chi connectivity index (χ2v) is 8.68. The molecule has 0 spiro atoms. The highest BCUT2D eigenvalue weighted by molar-refractivity contribution is 7.86. The molecule has 7 nitrogen and oxygen atoms in total. The van der Waals surface area contributed by atoms with E-state index in [9.17, 15) is 8.42 Å². The standard InChI is InChI=1S/C12H21NO6SSi/c1-5-12(13)19-20(14,15)10-7-6-8-11(9-10)21(16-2,17-3)18-4/h6-9,12H,5,13H2,1-4H3. The molecule has 1 rings (SSSR count). The Hall–Kier alpha value is -0.813. The number of rotatable bonds is 8. The SMILES string of the molecule is CCC(N)OS(=O)(=O)c1cccc([Si](OC)(OC)OC)c1. The zero-order valence-corrected chi connectivity index (χ0v) is 14.3. The van der Waals surface area contributed by atoms with E-state index < -0.39 is 25.2 Å². The van der Waals surface area contributed by atoms with Gasteiger partial charge in [0.1, 0.15) is 6.23 Å². The quantitative estimate of drug-likeness (QED) is 0.411. The molecule has 0 amide bonds. The Morgan fingerprint density at radius 3 is 2.24 bits per heavy atom. The van der Waals surface area contributed by atoms with Crippen LogP contribution in [0.1, 0.15) is 13.3 Å². The average Bonchev–Trinajstić information content (AvgIpc) is 2.49. The third kappa shape index (κ3) is 4.10. The predicted molar refractivity (Wildman–Crippen MR) is 79.4 cm³/mol. The maximum Gasteiger partial charge on any atom is 0.536 e. The highest BCUT2D eigenvalue weighted by Gasteiger charge is 2.41. The fraction of sp³-hybridized carbons (Fsp3) is 0.500. The van der Waals surface area contributed by atoms with Crippen LogP contribution in [0.2, 0.25) is 0 Å². The van der Waals surface area contributed by atoms with Gasteiger partial charge in [-0.25, -0.2) is 4.18 Å². The first-order valence-corrected chi connectivity index (χ1v) is 9.43. The van der Waals surface area contributed by atoms with Gasteiger partial charge in [-0.05, 0) is 18.6 Å². The van der Waals surface area contributed by atoms with Crippen molar-refractivity contribution in [3.8, 4) is 0 Å². The molecule has 0 aromatic heterocycles. The van der Waals surface area contributed by atoms with Crippen molar-refractivity contribution in [2.45, 2.75) is 24.5 Å². The van der Waals surface area contributed by atoms with Crippen LogP contribution in [0.3, 0.4) is 0 Å². The van der Waals surface area contributed by atoms with Gasteiger partial charge in [0.2, 0.25) is 0 Å². The number of hydrogen-bond acceptors (Lipinski definition) is 7. The van der Waals surface area contributed by atoms with Crippen LogP contribution in [0, 0.1) is 0 Å². The Morgan fingerprint density at radius 2 is 1.76 bits per heavy atom. The summed E-state index contributed by atoms with van der Waals surface area (Å²) in [7, 11) is -2.71. The van der Waals surface area contributed by atoms with E-state index in [1.807, 2.05) is 0 Å². The lowest BCUT2D eigenvalue weighted by atomic mass is 10.4. The molecule has 0 saturated heterocycles. The molecule has 0 aliphatic heterocycles. The lowest BCUT2D eigenvalue weighted by Gasteiger charge is -2.24. The Morgan fingerprint density at radius 1 is 1.19 bits per heavy atom. The Kier molecular flexibility index (Phi) is 6.47. The molecule has 1 atom stereocenters. The maximum atomic E-state index is 12.1. The van der Waals surface area contributed by atoms with Crippen LogP contribution in [-0.4, -0.2) is 44.8 Å². The van der Waals surface area contributed by atoms with Crippen molar-refractivity contribution in [1.82, 2.24) is 0 Å². The molecule has 0 aliphatic rings. The van der Waals surface area contributed by atoms with Crippen molar-refractivity contribution < 1.29 is 25.9 Å². The summed E-state index contributed by atoms with van der Waals surface area (Å²) < 4.78 is 45.1. The lowest BCUT2D eigenvalue weighted by molar-refractivity contribution is 0.140. The molecule has 21 heavy (non-hydrogen) atoms. The van der Waals surface area contributed by atoms with Gasteiger partial charge in [-0.1, -0.05) is 19.1 Å². The highest BCUT2D eigenvalue weighted by atomic mass is 32.2. The van der Waals surface area contributed by atoms with E-state index in [2.05, 4.69) is 0 Å². The molecule has 0 aliphatic carbocycles. The summed E-state index contributed by atoms with van der Waals surface area (Å²) in [6.45, 7) is 1.73. The van der Waals surface area contributed by atoms with Crippen LogP contribution in [0.15, 0.2) is 29.2 Å². The summed E-state index contributed by atoms with van der Waals surface area (Å²) in [5.74, 6) is 0. The molecule has 0 radical (unpaired) electrons. The zero-order valence-electron chi connectivity index (χ0n) is 12.5. The first kappa shape index (κ1) is 18.2. The van der Waals surface area contributed by atoms with Crippen molar-refractivity contribution in [3.63, 3.8) is 0 Å². The predicted octanol–water partition coefficient (Wildman–Crippen LogP) is 0.172. The molecule has 9 heteroatoms. The molecule has 120 valence electrons. The monoisotopic (exact) mass is 335 g/mol. The lowest BCUT2D eigenvalue weighted by Crippen LogP contribution is -2.54. The molecule has 1 aromatic rings. The molecular formula is C12H21NO6SSi. The Balaban J connectivity index is 3.22. The molecule has 0 bridgehead atoms. The number of nitrogens with two attached hydrogens (primary N) is 1. The first-order chi connectivity index (χ1) is 9.85. The Labute approximate surface area is 126 Å². The zero-order chi connectivity index (χ0) is 16.1. The normalized spacial score (nSPS) is 14.1. The molecule has 1 unspecified atom stereocenters. The van der Waals surface area contributed by atoms with Gasteiger partial charge in [0.25, 0.3) is 10.1 Å². The van der Waals surface area contributed by atoms with Crippen molar-refractivity contribution >= 4 is 24.1 Å². The molecular weight excluding hydrogens is 314 g/mol. The van der Waals surface area contributed by atoms with Crippen LogP contribution in [0.5, 0.6) is 0 Å². The van der Waals surface area contributed by atoms with Crippen molar-refractivity contribution in [2.24, 2.45) is 5.73 Å². The van der Waals surface area contributed by atoms with Gasteiger partial charge >= 0.3 is 8.80 Å². The van der Waals surface area contributed by atoms with Crippen molar-refractivity contribution in [2.75, 3.05) is 21.3 Å². The second-order valence-electron chi connectivity index (χ2n) is 4.19. The molecule has 1 aromatic carbocycles. The van der Waals surface area contributed by atoms with E-state index in [0.717, 1.165) is 0 Å².